The van der Waals surface area contributed by atoms with Crippen LogP contribution in [0.3, 0.4) is 0 Å². The monoisotopic (exact) mass is 754 g/mol. The van der Waals surface area contributed by atoms with Crippen molar-refractivity contribution in [3.05, 3.63) is 217 Å². The van der Waals surface area contributed by atoms with E-state index in [9.17, 15) is 0 Å². The fraction of sp³-hybridized carbons (Fsp3) is 0.0182. The van der Waals surface area contributed by atoms with Gasteiger partial charge in [0.25, 0.3) is 0 Å². The minimum Gasteiger partial charge on any atom is -0.308 e. The smallest absolute Gasteiger partial charge is 0.177 e. The second-order valence-corrected chi connectivity index (χ2v) is 16.7. The van der Waals surface area contributed by atoms with Crippen molar-refractivity contribution in [1.82, 2.24) is 0 Å². The Kier molecular flexibility index (Phi) is 6.62. The molecule has 2 heterocycles. The van der Waals surface area contributed by atoms with Crippen molar-refractivity contribution in [1.29, 1.82) is 0 Å². The molecule has 0 fully saturated rings. The van der Waals surface area contributed by atoms with Gasteiger partial charge in [0.2, 0.25) is 0 Å². The molecule has 0 saturated heterocycles. The molecule has 13 rings (SSSR count). The van der Waals surface area contributed by atoms with E-state index in [1.807, 2.05) is 11.8 Å². The maximum Gasteiger partial charge on any atom is 0.177 e. The molecule has 11 aromatic carbocycles. The summed E-state index contributed by atoms with van der Waals surface area (Å²) in [6.07, 6.45) is 0. The van der Waals surface area contributed by atoms with Crippen LogP contribution in [0.25, 0.3) is 64.6 Å². The summed E-state index contributed by atoms with van der Waals surface area (Å²) < 4.78 is 0. The highest BCUT2D eigenvalue weighted by molar-refractivity contribution is 7.99. The van der Waals surface area contributed by atoms with Crippen molar-refractivity contribution in [3.8, 4) is 0 Å². The average molecular weight is 755 g/mol. The lowest BCUT2D eigenvalue weighted by atomic mass is 9.86. The summed E-state index contributed by atoms with van der Waals surface area (Å²) >= 11 is 1.87. The number of anilines is 4. The SMILES string of the molecule is c1ccc2c(c1)Sc1ccccc1C21N(c2ccc3c4ccccc4c4ccccc4c3c2)c2ccccc2N1c1ccc2c3ccccc3c3ccccc3c2c1. The summed E-state index contributed by atoms with van der Waals surface area (Å²) in [6.45, 7) is 0. The highest BCUT2D eigenvalue weighted by atomic mass is 32.2. The zero-order chi connectivity index (χ0) is 38.0. The molecule has 3 heteroatoms. The predicted octanol–water partition coefficient (Wildman–Crippen LogP) is 15.3. The van der Waals surface area contributed by atoms with Crippen LogP contribution in [0.2, 0.25) is 0 Å². The summed E-state index contributed by atoms with van der Waals surface area (Å²) in [4.78, 5) is 7.81. The van der Waals surface area contributed by atoms with Crippen molar-refractivity contribution in [2.45, 2.75) is 15.5 Å². The van der Waals surface area contributed by atoms with Gasteiger partial charge in [0, 0.05) is 32.3 Å². The molecule has 0 aliphatic carbocycles. The molecular weight excluding hydrogens is 721 g/mol. The van der Waals surface area contributed by atoms with Crippen LogP contribution in [-0.4, -0.2) is 0 Å². The molecule has 2 aliphatic rings. The lowest BCUT2D eigenvalue weighted by Gasteiger charge is -2.50. The average Bonchev–Trinajstić information content (AvgIpc) is 3.60. The van der Waals surface area contributed by atoms with Gasteiger partial charge in [0.1, 0.15) is 0 Å². The summed E-state index contributed by atoms with van der Waals surface area (Å²) in [5, 5.41) is 15.3. The van der Waals surface area contributed by atoms with Crippen molar-refractivity contribution in [3.63, 3.8) is 0 Å². The Morgan fingerprint density at radius 1 is 0.276 bits per heavy atom. The lowest BCUT2D eigenvalue weighted by Crippen LogP contribution is -2.53. The number of hydrogen-bond donors (Lipinski definition) is 0. The van der Waals surface area contributed by atoms with Gasteiger partial charge < -0.3 is 9.80 Å². The predicted molar refractivity (Wildman–Crippen MR) is 246 cm³/mol. The number of hydrogen-bond acceptors (Lipinski definition) is 3. The van der Waals surface area contributed by atoms with E-state index in [1.165, 1.54) is 96.9 Å². The van der Waals surface area contributed by atoms with E-state index in [2.05, 4.69) is 216 Å². The normalized spacial score (nSPS) is 14.2. The maximum absolute atomic E-state index is 2.64. The second kappa shape index (κ2) is 12.0. The van der Waals surface area contributed by atoms with E-state index in [-0.39, 0.29) is 0 Å². The molecule has 270 valence electrons. The van der Waals surface area contributed by atoms with Crippen LogP contribution in [0.4, 0.5) is 22.7 Å². The van der Waals surface area contributed by atoms with Gasteiger partial charge >= 0.3 is 0 Å². The van der Waals surface area contributed by atoms with Gasteiger partial charge in [-0.05, 0) is 113 Å². The molecule has 0 aromatic heterocycles. The summed E-state index contributed by atoms with van der Waals surface area (Å²) in [6, 6.07) is 77.0. The van der Waals surface area contributed by atoms with Gasteiger partial charge in [0.05, 0.1) is 11.4 Å². The van der Waals surface area contributed by atoms with Crippen LogP contribution in [0.1, 0.15) is 11.1 Å². The highest BCUT2D eigenvalue weighted by Gasteiger charge is 2.57. The first-order valence-corrected chi connectivity index (χ1v) is 20.8. The van der Waals surface area contributed by atoms with E-state index in [0.717, 1.165) is 11.4 Å². The molecule has 0 unspecified atom stereocenters. The van der Waals surface area contributed by atoms with Crippen molar-refractivity contribution >= 4 is 99.1 Å². The van der Waals surface area contributed by atoms with Crippen LogP contribution < -0.4 is 9.80 Å². The van der Waals surface area contributed by atoms with Gasteiger partial charge in [-0.2, -0.15) is 0 Å². The summed E-state index contributed by atoms with van der Waals surface area (Å²) in [5.41, 5.74) is 6.42. The fourth-order valence-electron chi connectivity index (χ4n) is 10.4. The van der Waals surface area contributed by atoms with Crippen LogP contribution in [-0.2, 0) is 5.66 Å². The topological polar surface area (TPSA) is 6.48 Å². The van der Waals surface area contributed by atoms with Gasteiger partial charge in [-0.1, -0.05) is 169 Å². The fourth-order valence-corrected chi connectivity index (χ4v) is 11.6. The summed E-state index contributed by atoms with van der Waals surface area (Å²) in [5.74, 6) is 0. The number of benzene rings is 11. The maximum atomic E-state index is 2.64. The zero-order valence-corrected chi connectivity index (χ0v) is 32.2. The van der Waals surface area contributed by atoms with Crippen LogP contribution in [0.15, 0.2) is 216 Å². The van der Waals surface area contributed by atoms with Crippen LogP contribution in [0, 0.1) is 0 Å². The van der Waals surface area contributed by atoms with Gasteiger partial charge in [-0.3, -0.25) is 0 Å². The Morgan fingerprint density at radius 3 is 0.948 bits per heavy atom. The Morgan fingerprint density at radius 2 is 0.569 bits per heavy atom. The Balaban J connectivity index is 1.17. The molecule has 0 amide bonds. The molecule has 0 atom stereocenters. The van der Waals surface area contributed by atoms with E-state index in [1.54, 1.807) is 0 Å². The first-order chi connectivity index (χ1) is 28.8. The molecule has 58 heavy (non-hydrogen) atoms. The molecule has 2 aliphatic heterocycles. The first-order valence-electron chi connectivity index (χ1n) is 20.0. The summed E-state index contributed by atoms with van der Waals surface area (Å²) in [7, 11) is 0. The minimum atomic E-state index is -0.761. The first kappa shape index (κ1) is 32.1. The van der Waals surface area contributed by atoms with Crippen molar-refractivity contribution < 1.29 is 0 Å². The van der Waals surface area contributed by atoms with E-state index >= 15 is 0 Å². The third-order valence-electron chi connectivity index (χ3n) is 12.7. The standard InChI is InChI=1S/C55H34N2S/c1-3-19-41-37(15-1)39-17-5-7-21-43(39)47-33-35(29-31-45(41)47)56-51-25-11-12-26-52(51)57(55(56)49-23-9-13-27-53(49)58-54-28-14-10-24-50(54)55)36-30-32-46-42-20-4-2-16-38(42)40-18-6-8-22-44(40)48(46)34-36/h1-34H. The number of nitrogens with zero attached hydrogens (tertiary/aromatic N) is 2. The molecule has 0 N–H and O–H groups in total. The van der Waals surface area contributed by atoms with Gasteiger partial charge in [0.15, 0.2) is 5.66 Å². The van der Waals surface area contributed by atoms with E-state index in [0.29, 0.717) is 0 Å². The molecule has 0 saturated carbocycles. The minimum absolute atomic E-state index is 0.761. The molecule has 1 spiro atoms. The van der Waals surface area contributed by atoms with E-state index in [4.69, 9.17) is 0 Å². The Labute approximate surface area is 340 Å². The molecule has 2 nitrogen and oxygen atoms in total. The molecule has 0 bridgehead atoms. The van der Waals surface area contributed by atoms with Crippen molar-refractivity contribution in [2.75, 3.05) is 9.80 Å². The molecule has 11 aromatic rings. The Hall–Kier alpha value is -7.07. The largest absolute Gasteiger partial charge is 0.308 e. The number of rotatable bonds is 2. The van der Waals surface area contributed by atoms with Gasteiger partial charge in [-0.15, -0.1) is 0 Å². The number of para-hydroxylation sites is 2. The zero-order valence-electron chi connectivity index (χ0n) is 31.4. The van der Waals surface area contributed by atoms with Crippen LogP contribution in [0.5, 0.6) is 0 Å². The Bertz CT molecular complexity index is 3230. The quantitative estimate of drug-likeness (QED) is 0.162. The third kappa shape index (κ3) is 4.18. The lowest BCUT2D eigenvalue weighted by molar-refractivity contribution is 0.535. The second-order valence-electron chi connectivity index (χ2n) is 15.6. The third-order valence-corrected chi connectivity index (χ3v) is 13.9. The van der Waals surface area contributed by atoms with E-state index < -0.39 is 5.66 Å². The van der Waals surface area contributed by atoms with Gasteiger partial charge in [-0.25, -0.2) is 0 Å². The molecule has 0 radical (unpaired) electrons. The van der Waals surface area contributed by atoms with Crippen LogP contribution >= 0.6 is 11.8 Å². The molecular formula is C55H34N2S. The number of fused-ring (bicyclic) bond motifs is 17. The van der Waals surface area contributed by atoms with Crippen molar-refractivity contribution in [2.24, 2.45) is 0 Å². The highest BCUT2D eigenvalue weighted by Crippen LogP contribution is 2.64.